The summed E-state index contributed by atoms with van der Waals surface area (Å²) in [6, 6.07) is 18.3. The largest absolute Gasteiger partial charge is 0.854 e. The first kappa shape index (κ1) is 25.3. The quantitative estimate of drug-likeness (QED) is 0.156. The van der Waals surface area contributed by atoms with Crippen molar-refractivity contribution < 1.29 is 19.0 Å². The molecule has 3 heterocycles. The van der Waals surface area contributed by atoms with E-state index in [0.29, 0.717) is 38.6 Å². The van der Waals surface area contributed by atoms with E-state index in [1.807, 2.05) is 48.5 Å². The van der Waals surface area contributed by atoms with E-state index >= 15 is 0 Å². The second-order valence-electron chi connectivity index (χ2n) is 8.89. The van der Waals surface area contributed by atoms with Crippen molar-refractivity contribution in [3.8, 4) is 28.5 Å². The van der Waals surface area contributed by atoms with Gasteiger partial charge in [-0.15, -0.1) is 0 Å². The Bertz CT molecular complexity index is 1420. The molecular weight excluding hydrogens is 508 g/mol. The van der Waals surface area contributed by atoms with E-state index in [1.54, 1.807) is 21.7 Å². The van der Waals surface area contributed by atoms with Crippen LogP contribution in [0.4, 0.5) is 5.69 Å². The molecule has 1 aliphatic rings. The van der Waals surface area contributed by atoms with Crippen LogP contribution in [-0.2, 0) is 4.79 Å². The molecule has 1 unspecified atom stereocenters. The Morgan fingerprint density at radius 2 is 1.89 bits per heavy atom. The fourth-order valence-corrected chi connectivity index (χ4v) is 5.50. The molecule has 4 aromatic rings. The van der Waals surface area contributed by atoms with Gasteiger partial charge in [0.2, 0.25) is 5.91 Å². The Morgan fingerprint density at radius 1 is 1.11 bits per heavy atom. The zero-order valence-corrected chi connectivity index (χ0v) is 22.3. The number of fused-ring (bicyclic) bond motifs is 3. The summed E-state index contributed by atoms with van der Waals surface area (Å²) in [6.45, 7) is 3.67. The number of anilines is 1. The summed E-state index contributed by atoms with van der Waals surface area (Å²) in [5.41, 5.74) is 2.41. The number of hydrogen-bond acceptors (Lipinski definition) is 6. The SMILES string of the molecule is CCCCCCSc1nc([O-])c2[n+](n1)C(c1ccc(-c3ccc(Cl)cc3)o1)N(C(C)=O)c1ccccc1-2. The Labute approximate surface area is 225 Å². The Hall–Kier alpha value is -3.36. The van der Waals surface area contributed by atoms with Gasteiger partial charge in [-0.1, -0.05) is 61.7 Å². The minimum atomic E-state index is -0.779. The Balaban J connectivity index is 1.60. The van der Waals surface area contributed by atoms with Crippen molar-refractivity contribution in [2.45, 2.75) is 50.9 Å². The Morgan fingerprint density at radius 3 is 2.65 bits per heavy atom. The molecule has 37 heavy (non-hydrogen) atoms. The van der Waals surface area contributed by atoms with Gasteiger partial charge in [0.05, 0.1) is 17.1 Å². The predicted octanol–water partition coefficient (Wildman–Crippen LogP) is 6.00. The molecule has 5 rings (SSSR count). The maximum atomic E-state index is 13.4. The fourth-order valence-electron chi connectivity index (χ4n) is 4.55. The zero-order chi connectivity index (χ0) is 25.9. The van der Waals surface area contributed by atoms with E-state index in [-0.39, 0.29) is 11.8 Å². The average molecular weight is 535 g/mol. The van der Waals surface area contributed by atoms with Gasteiger partial charge in [0.15, 0.2) is 5.76 Å². The van der Waals surface area contributed by atoms with Gasteiger partial charge in [-0.3, -0.25) is 4.79 Å². The lowest BCUT2D eigenvalue weighted by Gasteiger charge is -2.31. The van der Waals surface area contributed by atoms with Crippen LogP contribution < -0.4 is 14.7 Å². The number of nitrogens with zero attached hydrogens (tertiary/aromatic N) is 4. The number of benzene rings is 2. The molecular formula is C28H27ClN4O3S. The highest BCUT2D eigenvalue weighted by molar-refractivity contribution is 7.99. The molecule has 0 bridgehead atoms. The van der Waals surface area contributed by atoms with E-state index in [9.17, 15) is 9.90 Å². The maximum Gasteiger partial charge on any atom is 0.325 e. The molecule has 0 spiro atoms. The molecule has 0 N–H and O–H groups in total. The molecule has 0 saturated carbocycles. The number of para-hydroxylation sites is 1. The lowest BCUT2D eigenvalue weighted by Crippen LogP contribution is -2.58. The van der Waals surface area contributed by atoms with Gasteiger partial charge in [-0.25, -0.2) is 9.88 Å². The fraction of sp³-hybridized carbons (Fsp3) is 0.286. The minimum Gasteiger partial charge on any atom is -0.854 e. The third-order valence-electron chi connectivity index (χ3n) is 6.30. The van der Waals surface area contributed by atoms with Crippen molar-refractivity contribution in [1.29, 1.82) is 0 Å². The van der Waals surface area contributed by atoms with Gasteiger partial charge in [0.1, 0.15) is 5.76 Å². The van der Waals surface area contributed by atoms with Crippen LogP contribution in [0, 0.1) is 0 Å². The van der Waals surface area contributed by atoms with Crippen molar-refractivity contribution in [1.82, 2.24) is 10.1 Å². The number of aromatic nitrogens is 3. The molecule has 9 heteroatoms. The number of carbonyl (C=O) groups is 1. The third kappa shape index (κ3) is 5.08. The van der Waals surface area contributed by atoms with Crippen LogP contribution in [0.2, 0.25) is 5.02 Å². The van der Waals surface area contributed by atoms with Crippen LogP contribution >= 0.6 is 23.4 Å². The van der Waals surface area contributed by atoms with E-state index in [4.69, 9.17) is 21.1 Å². The van der Waals surface area contributed by atoms with Crippen molar-refractivity contribution in [2.24, 2.45) is 0 Å². The average Bonchev–Trinajstić information content (AvgIpc) is 3.37. The first-order chi connectivity index (χ1) is 18.0. The van der Waals surface area contributed by atoms with Crippen LogP contribution in [0.5, 0.6) is 5.88 Å². The molecule has 2 aromatic carbocycles. The number of carbonyl (C=O) groups excluding carboxylic acids is 1. The number of thioether (sulfide) groups is 1. The summed E-state index contributed by atoms with van der Waals surface area (Å²) in [4.78, 5) is 19.0. The van der Waals surface area contributed by atoms with Gasteiger partial charge in [-0.05, 0) is 59.6 Å². The maximum absolute atomic E-state index is 13.4. The van der Waals surface area contributed by atoms with Gasteiger partial charge in [-0.2, -0.15) is 0 Å². The number of hydrogen-bond donors (Lipinski definition) is 0. The molecule has 0 aliphatic carbocycles. The topological polar surface area (TPSA) is 86.2 Å². The summed E-state index contributed by atoms with van der Waals surface area (Å²) >= 11 is 7.51. The van der Waals surface area contributed by atoms with Gasteiger partial charge < -0.3 is 9.52 Å². The van der Waals surface area contributed by atoms with Crippen LogP contribution in [0.3, 0.4) is 0 Å². The van der Waals surface area contributed by atoms with Gasteiger partial charge in [0.25, 0.3) is 10.9 Å². The van der Waals surface area contributed by atoms with Crippen LogP contribution in [-0.4, -0.2) is 21.7 Å². The molecule has 190 valence electrons. The molecule has 7 nitrogen and oxygen atoms in total. The molecule has 1 aliphatic heterocycles. The van der Waals surface area contributed by atoms with E-state index in [2.05, 4.69) is 11.9 Å². The number of unbranched alkanes of at least 4 members (excludes halogenated alkanes) is 3. The molecule has 2 aromatic heterocycles. The highest BCUT2D eigenvalue weighted by Gasteiger charge is 2.45. The summed E-state index contributed by atoms with van der Waals surface area (Å²) in [5.74, 6) is 1.35. The lowest BCUT2D eigenvalue weighted by molar-refractivity contribution is -0.765. The first-order valence-corrected chi connectivity index (χ1v) is 13.7. The van der Waals surface area contributed by atoms with Gasteiger partial charge >= 0.3 is 6.17 Å². The predicted molar refractivity (Wildman–Crippen MR) is 142 cm³/mol. The van der Waals surface area contributed by atoms with E-state index < -0.39 is 6.17 Å². The third-order valence-corrected chi connectivity index (χ3v) is 7.47. The molecule has 1 amide bonds. The number of furan rings is 1. The van der Waals surface area contributed by atoms with Crippen molar-refractivity contribution in [2.75, 3.05) is 10.7 Å². The molecule has 0 radical (unpaired) electrons. The highest BCUT2D eigenvalue weighted by Crippen LogP contribution is 2.41. The van der Waals surface area contributed by atoms with Crippen molar-refractivity contribution in [3.63, 3.8) is 0 Å². The smallest absolute Gasteiger partial charge is 0.325 e. The molecule has 0 fully saturated rings. The number of halogens is 1. The standard InChI is InChI=1S/C28H27ClN4O3S/c1-3-4-5-8-17-37-28-30-26(35)25-21-9-6-7-10-22(21)32(18(2)34)27(33(25)31-28)24-16-15-23(36-24)19-11-13-20(29)14-12-19/h6-7,9-16,27H,3-5,8,17H2,1-2H3. The summed E-state index contributed by atoms with van der Waals surface area (Å²) in [5, 5.41) is 19.2. The summed E-state index contributed by atoms with van der Waals surface area (Å²) in [6.07, 6.45) is 3.70. The number of amides is 1. The van der Waals surface area contributed by atoms with Crippen LogP contribution in [0.15, 0.2) is 70.2 Å². The van der Waals surface area contributed by atoms with Crippen molar-refractivity contribution >= 4 is 35.0 Å². The zero-order valence-electron chi connectivity index (χ0n) is 20.7. The molecule has 1 atom stereocenters. The second-order valence-corrected chi connectivity index (χ2v) is 10.4. The number of rotatable bonds is 8. The van der Waals surface area contributed by atoms with Crippen LogP contribution in [0.1, 0.15) is 51.5 Å². The lowest BCUT2D eigenvalue weighted by atomic mass is 10.0. The first-order valence-electron chi connectivity index (χ1n) is 12.4. The second kappa shape index (κ2) is 10.9. The normalized spacial score (nSPS) is 14.4. The van der Waals surface area contributed by atoms with Crippen molar-refractivity contribution in [3.05, 3.63) is 71.4 Å². The summed E-state index contributed by atoms with van der Waals surface area (Å²) < 4.78 is 7.87. The molecule has 0 saturated heterocycles. The van der Waals surface area contributed by atoms with Crippen LogP contribution in [0.25, 0.3) is 22.6 Å². The summed E-state index contributed by atoms with van der Waals surface area (Å²) in [7, 11) is 0. The highest BCUT2D eigenvalue weighted by atomic mass is 35.5. The van der Waals surface area contributed by atoms with E-state index in [1.165, 1.54) is 25.1 Å². The monoisotopic (exact) mass is 534 g/mol. The van der Waals surface area contributed by atoms with E-state index in [0.717, 1.165) is 30.6 Å². The Kier molecular flexibility index (Phi) is 7.48. The minimum absolute atomic E-state index is 0.195. The van der Waals surface area contributed by atoms with Gasteiger partial charge in [0, 0.05) is 28.4 Å².